The predicted octanol–water partition coefficient (Wildman–Crippen LogP) is 3.18. The van der Waals surface area contributed by atoms with Crippen LogP contribution in [0, 0.1) is 11.8 Å². The number of hydrogen-bond acceptors (Lipinski definition) is 4. The van der Waals surface area contributed by atoms with Crippen molar-refractivity contribution in [1.82, 2.24) is 4.90 Å². The lowest BCUT2D eigenvalue weighted by atomic mass is 9.85. The van der Waals surface area contributed by atoms with Crippen molar-refractivity contribution in [3.8, 4) is 0 Å². The summed E-state index contributed by atoms with van der Waals surface area (Å²) in [5.74, 6) is 0.788. The van der Waals surface area contributed by atoms with Gasteiger partial charge in [-0.05, 0) is 31.2 Å². The van der Waals surface area contributed by atoms with E-state index in [2.05, 4.69) is 13.8 Å². The Labute approximate surface area is 128 Å². The van der Waals surface area contributed by atoms with Gasteiger partial charge in [0.15, 0.2) is 0 Å². The lowest BCUT2D eigenvalue weighted by Crippen LogP contribution is -2.48. The van der Waals surface area contributed by atoms with Crippen molar-refractivity contribution >= 4 is 37.0 Å². The highest BCUT2D eigenvalue weighted by molar-refractivity contribution is 8.15. The summed E-state index contributed by atoms with van der Waals surface area (Å²) in [6.45, 7) is 7.02. The van der Waals surface area contributed by atoms with E-state index < -0.39 is 9.05 Å². The molecule has 0 bridgehead atoms. The van der Waals surface area contributed by atoms with Crippen LogP contribution in [0.3, 0.4) is 0 Å². The Morgan fingerprint density at radius 2 is 2.05 bits per heavy atom. The molecule has 3 atom stereocenters. The Morgan fingerprint density at radius 1 is 1.40 bits per heavy atom. The summed E-state index contributed by atoms with van der Waals surface area (Å²) >= 11 is 0.984. The number of piperidine rings is 1. The molecule has 1 amide bonds. The highest BCUT2D eigenvalue weighted by Gasteiger charge is 2.33. The molecule has 1 aromatic heterocycles. The first kappa shape index (κ1) is 15.8. The second-order valence-corrected chi connectivity index (χ2v) is 9.31. The summed E-state index contributed by atoms with van der Waals surface area (Å²) in [7, 11) is 1.53. The zero-order chi connectivity index (χ0) is 15.1. The molecule has 112 valence electrons. The fourth-order valence-corrected chi connectivity index (χ4v) is 4.65. The van der Waals surface area contributed by atoms with Crippen LogP contribution in [-0.4, -0.2) is 31.8 Å². The molecule has 1 saturated heterocycles. The normalized spacial score (nSPS) is 27.6. The molecule has 1 aromatic rings. The fourth-order valence-electron chi connectivity index (χ4n) is 2.71. The number of likely N-dealkylation sites (tertiary alicyclic amines) is 1. The second kappa shape index (κ2) is 5.66. The van der Waals surface area contributed by atoms with Crippen molar-refractivity contribution in [3.63, 3.8) is 0 Å². The van der Waals surface area contributed by atoms with Crippen LogP contribution < -0.4 is 0 Å². The Kier molecular flexibility index (Phi) is 4.47. The van der Waals surface area contributed by atoms with Gasteiger partial charge in [0.2, 0.25) is 0 Å². The van der Waals surface area contributed by atoms with Gasteiger partial charge in [-0.3, -0.25) is 4.79 Å². The van der Waals surface area contributed by atoms with E-state index in [4.69, 9.17) is 10.7 Å². The topological polar surface area (TPSA) is 54.5 Å². The average Bonchev–Trinajstić information content (AvgIpc) is 2.82. The number of halogens is 1. The van der Waals surface area contributed by atoms with Crippen molar-refractivity contribution in [2.45, 2.75) is 37.4 Å². The zero-order valence-electron chi connectivity index (χ0n) is 11.7. The van der Waals surface area contributed by atoms with Gasteiger partial charge in [-0.1, -0.05) is 13.8 Å². The summed E-state index contributed by atoms with van der Waals surface area (Å²) in [5.41, 5.74) is 0.405. The van der Waals surface area contributed by atoms with Crippen LogP contribution in [0.2, 0.25) is 0 Å². The molecule has 0 N–H and O–H groups in total. The average molecular weight is 336 g/mol. The number of nitrogens with zero attached hydrogens (tertiary/aromatic N) is 1. The van der Waals surface area contributed by atoms with Crippen molar-refractivity contribution in [2.24, 2.45) is 11.8 Å². The molecule has 0 saturated carbocycles. The van der Waals surface area contributed by atoms with Crippen LogP contribution >= 0.6 is 22.0 Å². The maximum atomic E-state index is 12.5. The standard InChI is InChI=1S/C13H18ClNO3S2/c1-8-4-9(2)10(3)15(6-8)13(16)11-5-12(19-7-11)20(14,17)18/h5,7-10H,4,6H2,1-3H3. The first-order valence-corrected chi connectivity index (χ1v) is 9.73. The molecule has 2 rings (SSSR count). The molecule has 0 aliphatic carbocycles. The minimum atomic E-state index is -3.76. The maximum absolute atomic E-state index is 12.5. The van der Waals surface area contributed by atoms with Gasteiger partial charge in [-0.15, -0.1) is 11.3 Å². The van der Waals surface area contributed by atoms with Gasteiger partial charge < -0.3 is 4.90 Å². The smallest absolute Gasteiger partial charge is 0.270 e. The van der Waals surface area contributed by atoms with Crippen molar-refractivity contribution < 1.29 is 13.2 Å². The van der Waals surface area contributed by atoms with Crippen LogP contribution in [0.25, 0.3) is 0 Å². The number of hydrogen-bond donors (Lipinski definition) is 0. The molecule has 0 spiro atoms. The molecular weight excluding hydrogens is 318 g/mol. The maximum Gasteiger partial charge on any atom is 0.270 e. The molecule has 1 aliphatic heterocycles. The van der Waals surface area contributed by atoms with Crippen LogP contribution in [0.1, 0.15) is 37.6 Å². The van der Waals surface area contributed by atoms with Crippen molar-refractivity contribution in [3.05, 3.63) is 17.0 Å². The first-order valence-electron chi connectivity index (χ1n) is 6.54. The molecule has 1 fully saturated rings. The third-order valence-corrected chi connectivity index (χ3v) is 6.96. The second-order valence-electron chi connectivity index (χ2n) is 5.61. The molecule has 2 heterocycles. The van der Waals surface area contributed by atoms with Crippen LogP contribution in [-0.2, 0) is 9.05 Å². The lowest BCUT2D eigenvalue weighted by molar-refractivity contribution is 0.0456. The quantitative estimate of drug-likeness (QED) is 0.780. The van der Waals surface area contributed by atoms with Crippen LogP contribution in [0.5, 0.6) is 0 Å². The highest BCUT2D eigenvalue weighted by atomic mass is 35.7. The van der Waals surface area contributed by atoms with Crippen LogP contribution in [0.15, 0.2) is 15.7 Å². The number of thiophene rings is 1. The fraction of sp³-hybridized carbons (Fsp3) is 0.615. The van der Waals surface area contributed by atoms with E-state index in [1.165, 1.54) is 6.07 Å². The van der Waals surface area contributed by atoms with E-state index in [1.807, 2.05) is 11.8 Å². The molecule has 4 nitrogen and oxygen atoms in total. The van der Waals surface area contributed by atoms with Crippen molar-refractivity contribution in [2.75, 3.05) is 6.54 Å². The van der Waals surface area contributed by atoms with E-state index in [1.54, 1.807) is 5.38 Å². The molecule has 7 heteroatoms. The summed E-state index contributed by atoms with van der Waals surface area (Å²) < 4.78 is 22.6. The van der Waals surface area contributed by atoms with E-state index in [0.29, 0.717) is 23.9 Å². The van der Waals surface area contributed by atoms with E-state index in [9.17, 15) is 13.2 Å². The monoisotopic (exact) mass is 335 g/mol. The largest absolute Gasteiger partial charge is 0.335 e. The van der Waals surface area contributed by atoms with Gasteiger partial charge in [-0.2, -0.15) is 0 Å². The summed E-state index contributed by atoms with van der Waals surface area (Å²) in [4.78, 5) is 14.4. The molecule has 0 aromatic carbocycles. The highest BCUT2D eigenvalue weighted by Crippen LogP contribution is 2.30. The summed E-state index contributed by atoms with van der Waals surface area (Å²) in [6.07, 6.45) is 1.11. The Bertz CT molecular complexity index is 611. The van der Waals surface area contributed by atoms with Gasteiger partial charge in [0, 0.05) is 28.6 Å². The van der Waals surface area contributed by atoms with E-state index in [-0.39, 0.29) is 16.2 Å². The van der Waals surface area contributed by atoms with Gasteiger partial charge in [0.25, 0.3) is 15.0 Å². The van der Waals surface area contributed by atoms with E-state index in [0.717, 1.165) is 17.8 Å². The molecule has 3 unspecified atom stereocenters. The van der Waals surface area contributed by atoms with Gasteiger partial charge in [0.1, 0.15) is 4.21 Å². The predicted molar refractivity (Wildman–Crippen MR) is 80.8 cm³/mol. The van der Waals surface area contributed by atoms with Crippen LogP contribution in [0.4, 0.5) is 0 Å². The number of rotatable bonds is 2. The molecule has 0 radical (unpaired) electrons. The molecule has 20 heavy (non-hydrogen) atoms. The van der Waals surface area contributed by atoms with Crippen molar-refractivity contribution in [1.29, 1.82) is 0 Å². The van der Waals surface area contributed by atoms with Gasteiger partial charge >= 0.3 is 0 Å². The Balaban J connectivity index is 2.24. The van der Waals surface area contributed by atoms with E-state index >= 15 is 0 Å². The molecule has 1 aliphatic rings. The summed E-state index contributed by atoms with van der Waals surface area (Å²) in [5, 5.41) is 1.56. The third-order valence-electron chi connectivity index (χ3n) is 3.92. The third kappa shape index (κ3) is 3.18. The lowest BCUT2D eigenvalue weighted by Gasteiger charge is -2.41. The minimum Gasteiger partial charge on any atom is -0.335 e. The number of carbonyl (C=O) groups is 1. The number of carbonyl (C=O) groups excluding carboxylic acids is 1. The zero-order valence-corrected chi connectivity index (χ0v) is 14.1. The Morgan fingerprint density at radius 3 is 2.60 bits per heavy atom. The molecular formula is C13H18ClNO3S2. The van der Waals surface area contributed by atoms with Gasteiger partial charge in [-0.25, -0.2) is 8.42 Å². The Hall–Kier alpha value is -0.590. The minimum absolute atomic E-state index is 0.0216. The SMILES string of the molecule is CC1CC(C)C(C)N(C(=O)c2csc(S(=O)(=O)Cl)c2)C1. The summed E-state index contributed by atoms with van der Waals surface area (Å²) in [6, 6.07) is 1.53. The van der Waals surface area contributed by atoms with Gasteiger partial charge in [0.05, 0.1) is 5.56 Å². The first-order chi connectivity index (χ1) is 9.20. The number of amides is 1.